The summed E-state index contributed by atoms with van der Waals surface area (Å²) in [4.78, 5) is 0. The lowest BCUT2D eigenvalue weighted by atomic mass is 9.88. The van der Waals surface area contributed by atoms with Crippen LogP contribution in [0.3, 0.4) is 0 Å². The zero-order valence-corrected chi connectivity index (χ0v) is 9.21. The minimum Gasteiger partial charge on any atom is -0.379 e. The zero-order chi connectivity index (χ0) is 10.0. The summed E-state index contributed by atoms with van der Waals surface area (Å²) in [5.41, 5.74) is 0.276. The molecule has 2 heterocycles. The third-order valence-corrected chi connectivity index (χ3v) is 3.32. The van der Waals surface area contributed by atoms with Crippen molar-refractivity contribution in [3.05, 3.63) is 0 Å². The average Bonchev–Trinajstić information content (AvgIpc) is 2.71. The first kappa shape index (κ1) is 10.4. The lowest BCUT2D eigenvalue weighted by Gasteiger charge is -2.26. The highest BCUT2D eigenvalue weighted by Gasteiger charge is 2.35. The largest absolute Gasteiger partial charge is 0.379 e. The van der Waals surface area contributed by atoms with Gasteiger partial charge in [-0.05, 0) is 12.8 Å². The van der Waals surface area contributed by atoms with Crippen LogP contribution in [0.4, 0.5) is 0 Å². The van der Waals surface area contributed by atoms with Gasteiger partial charge in [-0.25, -0.2) is 0 Å². The molecule has 82 valence electrons. The van der Waals surface area contributed by atoms with Crippen molar-refractivity contribution in [2.45, 2.75) is 38.8 Å². The second-order valence-electron chi connectivity index (χ2n) is 5.10. The van der Waals surface area contributed by atoms with Crippen molar-refractivity contribution in [3.63, 3.8) is 0 Å². The Labute approximate surface area is 86.2 Å². The van der Waals surface area contributed by atoms with Crippen molar-refractivity contribution in [1.82, 2.24) is 5.32 Å². The van der Waals surface area contributed by atoms with Crippen LogP contribution in [-0.2, 0) is 9.47 Å². The van der Waals surface area contributed by atoms with Crippen molar-refractivity contribution < 1.29 is 9.47 Å². The van der Waals surface area contributed by atoms with Gasteiger partial charge in [0.05, 0.1) is 19.3 Å². The SMILES string of the molecule is CC1(C)COCC1NCC1CCCO1. The Balaban J connectivity index is 1.74. The lowest BCUT2D eigenvalue weighted by Crippen LogP contribution is -2.44. The molecule has 0 aromatic carbocycles. The molecule has 0 spiro atoms. The van der Waals surface area contributed by atoms with E-state index >= 15 is 0 Å². The van der Waals surface area contributed by atoms with E-state index in [1.54, 1.807) is 0 Å². The van der Waals surface area contributed by atoms with Crippen LogP contribution in [0.15, 0.2) is 0 Å². The van der Waals surface area contributed by atoms with E-state index in [9.17, 15) is 0 Å². The van der Waals surface area contributed by atoms with Crippen LogP contribution in [0, 0.1) is 5.41 Å². The average molecular weight is 199 g/mol. The molecular formula is C11H21NO2. The lowest BCUT2D eigenvalue weighted by molar-refractivity contribution is 0.104. The second kappa shape index (κ2) is 4.17. The Morgan fingerprint density at radius 2 is 2.29 bits per heavy atom. The minimum absolute atomic E-state index is 0.276. The molecule has 2 aliphatic heterocycles. The topological polar surface area (TPSA) is 30.5 Å². The minimum atomic E-state index is 0.276. The van der Waals surface area contributed by atoms with E-state index < -0.39 is 0 Å². The molecule has 0 radical (unpaired) electrons. The fraction of sp³-hybridized carbons (Fsp3) is 1.00. The monoisotopic (exact) mass is 199 g/mol. The summed E-state index contributed by atoms with van der Waals surface area (Å²) in [7, 11) is 0. The van der Waals surface area contributed by atoms with Gasteiger partial charge in [0.25, 0.3) is 0 Å². The molecule has 0 aliphatic carbocycles. The Kier molecular flexibility index (Phi) is 3.10. The van der Waals surface area contributed by atoms with E-state index in [-0.39, 0.29) is 5.41 Å². The molecule has 2 aliphatic rings. The molecule has 0 aromatic heterocycles. The zero-order valence-electron chi connectivity index (χ0n) is 9.21. The third-order valence-electron chi connectivity index (χ3n) is 3.32. The Morgan fingerprint density at radius 1 is 1.43 bits per heavy atom. The molecule has 3 nitrogen and oxygen atoms in total. The molecule has 2 unspecified atom stereocenters. The van der Waals surface area contributed by atoms with Gasteiger partial charge in [-0.3, -0.25) is 0 Å². The summed E-state index contributed by atoms with van der Waals surface area (Å²) >= 11 is 0. The summed E-state index contributed by atoms with van der Waals surface area (Å²) in [6.45, 7) is 8.16. The summed E-state index contributed by atoms with van der Waals surface area (Å²) in [6, 6.07) is 0.492. The molecule has 3 heteroatoms. The van der Waals surface area contributed by atoms with Crippen molar-refractivity contribution in [1.29, 1.82) is 0 Å². The van der Waals surface area contributed by atoms with Gasteiger partial charge in [0, 0.05) is 24.6 Å². The van der Waals surface area contributed by atoms with Gasteiger partial charge in [-0.15, -0.1) is 0 Å². The van der Waals surface area contributed by atoms with E-state index in [4.69, 9.17) is 9.47 Å². The van der Waals surface area contributed by atoms with Gasteiger partial charge in [-0.2, -0.15) is 0 Å². The van der Waals surface area contributed by atoms with E-state index in [0.717, 1.165) is 26.4 Å². The fourth-order valence-corrected chi connectivity index (χ4v) is 2.18. The maximum Gasteiger partial charge on any atom is 0.0700 e. The number of hydrogen-bond donors (Lipinski definition) is 1. The molecule has 2 rings (SSSR count). The smallest absolute Gasteiger partial charge is 0.0700 e. The summed E-state index contributed by atoms with van der Waals surface area (Å²) in [6.07, 6.45) is 2.86. The van der Waals surface area contributed by atoms with Crippen molar-refractivity contribution in [3.8, 4) is 0 Å². The van der Waals surface area contributed by atoms with Gasteiger partial charge in [0.15, 0.2) is 0 Å². The molecule has 2 atom stereocenters. The van der Waals surface area contributed by atoms with E-state index in [1.165, 1.54) is 12.8 Å². The van der Waals surface area contributed by atoms with Gasteiger partial charge < -0.3 is 14.8 Å². The highest BCUT2D eigenvalue weighted by atomic mass is 16.5. The maximum absolute atomic E-state index is 5.58. The van der Waals surface area contributed by atoms with Gasteiger partial charge in [-0.1, -0.05) is 13.8 Å². The van der Waals surface area contributed by atoms with Gasteiger partial charge >= 0.3 is 0 Å². The second-order valence-corrected chi connectivity index (χ2v) is 5.10. The number of rotatable bonds is 3. The summed E-state index contributed by atoms with van der Waals surface area (Å²) in [5.74, 6) is 0. The van der Waals surface area contributed by atoms with Crippen LogP contribution in [0.5, 0.6) is 0 Å². The van der Waals surface area contributed by atoms with Crippen LogP contribution < -0.4 is 5.32 Å². The number of hydrogen-bond acceptors (Lipinski definition) is 3. The van der Waals surface area contributed by atoms with E-state index in [1.807, 2.05) is 0 Å². The first-order chi connectivity index (χ1) is 6.68. The molecule has 1 N–H and O–H groups in total. The van der Waals surface area contributed by atoms with Crippen molar-refractivity contribution in [2.75, 3.05) is 26.4 Å². The highest BCUT2D eigenvalue weighted by molar-refractivity contribution is 4.89. The molecule has 0 bridgehead atoms. The van der Waals surface area contributed by atoms with Crippen molar-refractivity contribution in [2.24, 2.45) is 5.41 Å². The van der Waals surface area contributed by atoms with Gasteiger partial charge in [0.2, 0.25) is 0 Å². The number of nitrogens with one attached hydrogen (secondary N) is 1. The molecule has 2 saturated heterocycles. The quantitative estimate of drug-likeness (QED) is 0.740. The number of ether oxygens (including phenoxy) is 2. The molecule has 2 fully saturated rings. The Hall–Kier alpha value is -0.120. The molecule has 0 amide bonds. The first-order valence-corrected chi connectivity index (χ1v) is 5.61. The Morgan fingerprint density at radius 3 is 2.86 bits per heavy atom. The van der Waals surface area contributed by atoms with E-state index in [2.05, 4.69) is 19.2 Å². The fourth-order valence-electron chi connectivity index (χ4n) is 2.18. The van der Waals surface area contributed by atoms with Crippen LogP contribution in [0.25, 0.3) is 0 Å². The van der Waals surface area contributed by atoms with E-state index in [0.29, 0.717) is 12.1 Å². The van der Waals surface area contributed by atoms with Crippen LogP contribution in [-0.4, -0.2) is 38.5 Å². The third kappa shape index (κ3) is 2.27. The van der Waals surface area contributed by atoms with Gasteiger partial charge in [0.1, 0.15) is 0 Å². The first-order valence-electron chi connectivity index (χ1n) is 5.61. The van der Waals surface area contributed by atoms with Crippen LogP contribution in [0.2, 0.25) is 0 Å². The standard InChI is InChI=1S/C11H21NO2/c1-11(2)8-13-7-10(11)12-6-9-4-3-5-14-9/h9-10,12H,3-8H2,1-2H3. The summed E-state index contributed by atoms with van der Waals surface area (Å²) in [5, 5.41) is 3.56. The van der Waals surface area contributed by atoms with Crippen LogP contribution >= 0.6 is 0 Å². The molecule has 14 heavy (non-hydrogen) atoms. The summed E-state index contributed by atoms with van der Waals surface area (Å²) < 4.78 is 11.1. The predicted molar refractivity (Wildman–Crippen MR) is 55.4 cm³/mol. The van der Waals surface area contributed by atoms with Crippen LogP contribution in [0.1, 0.15) is 26.7 Å². The Bertz CT molecular complexity index is 188. The normalized spacial score (nSPS) is 36.4. The highest BCUT2D eigenvalue weighted by Crippen LogP contribution is 2.27. The maximum atomic E-state index is 5.58. The molecule has 0 saturated carbocycles. The van der Waals surface area contributed by atoms with Crippen molar-refractivity contribution >= 4 is 0 Å². The molecular weight excluding hydrogens is 178 g/mol. The molecule has 0 aromatic rings. The predicted octanol–water partition coefficient (Wildman–Crippen LogP) is 1.18.